The average Bonchev–Trinajstić information content (AvgIpc) is 2.25. The Morgan fingerprint density at radius 3 is 2.80 bits per heavy atom. The van der Waals surface area contributed by atoms with Crippen molar-refractivity contribution in [2.24, 2.45) is 0 Å². The van der Waals surface area contributed by atoms with Gasteiger partial charge in [-0.25, -0.2) is 0 Å². The molecule has 0 unspecified atom stereocenters. The third-order valence-corrected chi connectivity index (χ3v) is 2.04. The molecule has 0 aromatic heterocycles. The number of allylic oxidation sites excluding steroid dienone is 1. The fourth-order valence-corrected chi connectivity index (χ4v) is 1.28. The molecule has 0 spiro atoms. The third kappa shape index (κ3) is 3.76. The minimum absolute atomic E-state index is 0.00641. The van der Waals surface area contributed by atoms with Gasteiger partial charge in [0.05, 0.1) is 5.56 Å². The van der Waals surface area contributed by atoms with Crippen molar-refractivity contribution in [3.8, 4) is 5.75 Å². The van der Waals surface area contributed by atoms with Crippen LogP contribution in [0.1, 0.15) is 17.3 Å². The first-order valence-corrected chi connectivity index (χ1v) is 5.23. The minimum Gasteiger partial charge on any atom is -0.489 e. The Labute approximate surface area is 94.5 Å². The fourth-order valence-electron chi connectivity index (χ4n) is 1.15. The lowest BCUT2D eigenvalue weighted by atomic mass is 10.1. The van der Waals surface area contributed by atoms with E-state index in [1.807, 2.05) is 18.2 Å². The summed E-state index contributed by atoms with van der Waals surface area (Å²) < 4.78 is 5.43. The van der Waals surface area contributed by atoms with E-state index in [4.69, 9.17) is 16.3 Å². The molecule has 0 fully saturated rings. The topological polar surface area (TPSA) is 26.3 Å². The smallest absolute Gasteiger partial charge is 0.163 e. The van der Waals surface area contributed by atoms with E-state index in [9.17, 15) is 4.79 Å². The van der Waals surface area contributed by atoms with Gasteiger partial charge in [0.1, 0.15) is 12.4 Å². The molecule has 0 aliphatic heterocycles. The molecule has 0 bridgehead atoms. The number of hydrogen-bond donors (Lipinski definition) is 0. The molecule has 3 heteroatoms. The summed E-state index contributed by atoms with van der Waals surface area (Å²) >= 11 is 5.47. The second-order valence-electron chi connectivity index (χ2n) is 2.99. The molecule has 80 valence electrons. The molecule has 2 nitrogen and oxygen atoms in total. The van der Waals surface area contributed by atoms with Crippen LogP contribution in [0.15, 0.2) is 36.4 Å². The summed E-state index contributed by atoms with van der Waals surface area (Å²) in [6, 6.07) is 7.19. The summed E-state index contributed by atoms with van der Waals surface area (Å²) in [4.78, 5) is 11.2. The predicted octanol–water partition coefficient (Wildman–Crippen LogP) is 3.06. The van der Waals surface area contributed by atoms with Gasteiger partial charge in [-0.3, -0.25) is 4.79 Å². The summed E-state index contributed by atoms with van der Waals surface area (Å²) in [5, 5.41) is 0. The van der Waals surface area contributed by atoms with Gasteiger partial charge in [-0.1, -0.05) is 24.3 Å². The van der Waals surface area contributed by atoms with Gasteiger partial charge in [-0.05, 0) is 19.1 Å². The summed E-state index contributed by atoms with van der Waals surface area (Å²) in [5.41, 5.74) is 0.608. The first kappa shape index (κ1) is 11.8. The van der Waals surface area contributed by atoms with Crippen LogP contribution in [-0.4, -0.2) is 18.3 Å². The number of carbonyl (C=O) groups is 1. The van der Waals surface area contributed by atoms with Gasteiger partial charge in [-0.2, -0.15) is 0 Å². The molecule has 1 rings (SSSR count). The SMILES string of the molecule is CC(=O)c1ccccc1OC/C=C\CCl. The number of ether oxygens (including phenoxy) is 1. The molecule has 0 heterocycles. The van der Waals surface area contributed by atoms with E-state index >= 15 is 0 Å². The van der Waals surface area contributed by atoms with Crippen molar-refractivity contribution in [1.82, 2.24) is 0 Å². The normalized spacial score (nSPS) is 10.5. The Kier molecular flexibility index (Phi) is 4.91. The molecule has 0 radical (unpaired) electrons. The molecule has 0 saturated carbocycles. The van der Waals surface area contributed by atoms with Gasteiger partial charge < -0.3 is 4.74 Å². The number of ketones is 1. The van der Waals surface area contributed by atoms with Crippen LogP contribution in [-0.2, 0) is 0 Å². The number of Topliss-reactive ketones (excluding diaryl/α,β-unsaturated/α-hetero) is 1. The molecule has 0 saturated heterocycles. The van der Waals surface area contributed by atoms with E-state index in [0.717, 1.165) is 0 Å². The van der Waals surface area contributed by atoms with Crippen LogP contribution in [0.5, 0.6) is 5.75 Å². The summed E-state index contributed by atoms with van der Waals surface area (Å²) in [6.07, 6.45) is 3.63. The second kappa shape index (κ2) is 6.25. The van der Waals surface area contributed by atoms with Crippen molar-refractivity contribution < 1.29 is 9.53 Å². The van der Waals surface area contributed by atoms with E-state index < -0.39 is 0 Å². The first-order chi connectivity index (χ1) is 7.25. The van der Waals surface area contributed by atoms with E-state index in [1.54, 1.807) is 18.2 Å². The van der Waals surface area contributed by atoms with Crippen LogP contribution in [0.3, 0.4) is 0 Å². The highest BCUT2D eigenvalue weighted by molar-refractivity contribution is 6.18. The van der Waals surface area contributed by atoms with Crippen molar-refractivity contribution in [2.45, 2.75) is 6.92 Å². The number of para-hydroxylation sites is 1. The molecule has 0 N–H and O–H groups in total. The van der Waals surface area contributed by atoms with Crippen LogP contribution >= 0.6 is 11.6 Å². The molecular weight excluding hydrogens is 212 g/mol. The molecule has 0 aliphatic rings. The minimum atomic E-state index is 0.00641. The van der Waals surface area contributed by atoms with Gasteiger partial charge in [0.2, 0.25) is 0 Å². The summed E-state index contributed by atoms with van der Waals surface area (Å²) in [5.74, 6) is 1.09. The average molecular weight is 225 g/mol. The Morgan fingerprint density at radius 1 is 1.40 bits per heavy atom. The summed E-state index contributed by atoms with van der Waals surface area (Å²) in [7, 11) is 0. The number of rotatable bonds is 5. The third-order valence-electron chi connectivity index (χ3n) is 1.86. The number of hydrogen-bond acceptors (Lipinski definition) is 2. The Hall–Kier alpha value is -1.28. The Balaban J connectivity index is 2.67. The highest BCUT2D eigenvalue weighted by atomic mass is 35.5. The standard InChI is InChI=1S/C12H13ClO2/c1-10(14)11-6-2-3-7-12(11)15-9-5-4-8-13/h2-7H,8-9H2,1H3/b5-4-. The summed E-state index contributed by atoms with van der Waals surface area (Å²) in [6.45, 7) is 1.95. The maximum atomic E-state index is 11.2. The van der Waals surface area contributed by atoms with E-state index in [2.05, 4.69) is 0 Å². The zero-order valence-corrected chi connectivity index (χ0v) is 9.33. The zero-order valence-electron chi connectivity index (χ0n) is 8.57. The maximum absolute atomic E-state index is 11.2. The number of alkyl halides is 1. The molecule has 1 aromatic rings. The van der Waals surface area contributed by atoms with Crippen molar-refractivity contribution in [1.29, 1.82) is 0 Å². The lowest BCUT2D eigenvalue weighted by molar-refractivity contribution is 0.101. The van der Waals surface area contributed by atoms with Crippen LogP contribution in [0.4, 0.5) is 0 Å². The van der Waals surface area contributed by atoms with Crippen molar-refractivity contribution in [2.75, 3.05) is 12.5 Å². The number of carbonyl (C=O) groups excluding carboxylic acids is 1. The predicted molar refractivity (Wildman–Crippen MR) is 61.8 cm³/mol. The van der Waals surface area contributed by atoms with Crippen molar-refractivity contribution >= 4 is 17.4 Å². The largest absolute Gasteiger partial charge is 0.489 e. The van der Waals surface area contributed by atoms with Crippen LogP contribution in [0.2, 0.25) is 0 Å². The zero-order chi connectivity index (χ0) is 11.1. The molecule has 0 aliphatic carbocycles. The first-order valence-electron chi connectivity index (χ1n) is 4.69. The van der Waals surface area contributed by atoms with Gasteiger partial charge in [0.25, 0.3) is 0 Å². The van der Waals surface area contributed by atoms with Crippen LogP contribution in [0.25, 0.3) is 0 Å². The van der Waals surface area contributed by atoms with E-state index in [1.165, 1.54) is 6.92 Å². The maximum Gasteiger partial charge on any atom is 0.163 e. The fraction of sp³-hybridized carbons (Fsp3) is 0.250. The van der Waals surface area contributed by atoms with E-state index in [-0.39, 0.29) is 5.78 Å². The van der Waals surface area contributed by atoms with Crippen molar-refractivity contribution in [3.05, 3.63) is 42.0 Å². The lowest BCUT2D eigenvalue weighted by Gasteiger charge is -2.06. The van der Waals surface area contributed by atoms with Gasteiger partial charge >= 0.3 is 0 Å². The molecular formula is C12H13ClO2. The lowest BCUT2D eigenvalue weighted by Crippen LogP contribution is -2.00. The Bertz CT molecular complexity index is 358. The quantitative estimate of drug-likeness (QED) is 0.437. The monoisotopic (exact) mass is 224 g/mol. The van der Waals surface area contributed by atoms with Crippen LogP contribution in [0, 0.1) is 0 Å². The van der Waals surface area contributed by atoms with E-state index in [0.29, 0.717) is 23.8 Å². The van der Waals surface area contributed by atoms with Gasteiger partial charge in [0, 0.05) is 5.88 Å². The molecule has 15 heavy (non-hydrogen) atoms. The number of benzene rings is 1. The van der Waals surface area contributed by atoms with Crippen molar-refractivity contribution in [3.63, 3.8) is 0 Å². The molecule has 0 atom stereocenters. The Morgan fingerprint density at radius 2 is 2.13 bits per heavy atom. The molecule has 0 amide bonds. The second-order valence-corrected chi connectivity index (χ2v) is 3.30. The highest BCUT2D eigenvalue weighted by Crippen LogP contribution is 2.18. The number of halogens is 1. The van der Waals surface area contributed by atoms with Gasteiger partial charge in [-0.15, -0.1) is 11.6 Å². The highest BCUT2D eigenvalue weighted by Gasteiger charge is 2.05. The van der Waals surface area contributed by atoms with Crippen LogP contribution < -0.4 is 4.74 Å². The molecule has 1 aromatic carbocycles. The van der Waals surface area contributed by atoms with Gasteiger partial charge in [0.15, 0.2) is 5.78 Å².